The molecule has 21 heavy (non-hydrogen) atoms. The lowest BCUT2D eigenvalue weighted by atomic mass is 9.95. The Kier molecular flexibility index (Phi) is 4.79. The Balaban J connectivity index is 2.23. The minimum atomic E-state index is -0.00458. The molecule has 0 heterocycles. The van der Waals surface area contributed by atoms with Gasteiger partial charge in [-0.15, -0.1) is 0 Å². The van der Waals surface area contributed by atoms with E-state index in [1.54, 1.807) is 0 Å². The summed E-state index contributed by atoms with van der Waals surface area (Å²) in [7, 11) is 0. The van der Waals surface area contributed by atoms with Crippen LogP contribution in [0.3, 0.4) is 0 Å². The molecule has 2 aromatic carbocycles. The number of rotatable bonds is 4. The number of carbonyl (C=O) groups is 1. The van der Waals surface area contributed by atoms with Crippen LogP contribution in [0.4, 0.5) is 0 Å². The van der Waals surface area contributed by atoms with Crippen molar-refractivity contribution in [1.82, 2.24) is 5.32 Å². The van der Waals surface area contributed by atoms with E-state index in [1.807, 2.05) is 50.2 Å². The van der Waals surface area contributed by atoms with Crippen LogP contribution in [0, 0.1) is 19.8 Å². The zero-order valence-corrected chi connectivity index (χ0v) is 13.2. The van der Waals surface area contributed by atoms with Crippen molar-refractivity contribution in [2.75, 3.05) is 0 Å². The summed E-state index contributed by atoms with van der Waals surface area (Å²) < 4.78 is 0. The third kappa shape index (κ3) is 3.72. The first-order valence-electron chi connectivity index (χ1n) is 7.42. The molecule has 1 atom stereocenters. The topological polar surface area (TPSA) is 29.1 Å². The number of hydrogen-bond acceptors (Lipinski definition) is 1. The number of amides is 1. The molecule has 0 saturated heterocycles. The van der Waals surface area contributed by atoms with Crippen LogP contribution in [0.2, 0.25) is 0 Å². The van der Waals surface area contributed by atoms with Crippen LogP contribution in [0.5, 0.6) is 0 Å². The Labute approximate surface area is 127 Å². The fourth-order valence-corrected chi connectivity index (χ4v) is 2.58. The Morgan fingerprint density at radius 3 is 2.24 bits per heavy atom. The van der Waals surface area contributed by atoms with E-state index in [4.69, 9.17) is 0 Å². The highest BCUT2D eigenvalue weighted by Crippen LogP contribution is 2.22. The number of benzene rings is 2. The van der Waals surface area contributed by atoms with Gasteiger partial charge < -0.3 is 5.32 Å². The molecule has 0 aliphatic carbocycles. The molecule has 0 fully saturated rings. The molecule has 0 radical (unpaired) electrons. The van der Waals surface area contributed by atoms with Gasteiger partial charge in [-0.2, -0.15) is 0 Å². The van der Waals surface area contributed by atoms with Gasteiger partial charge in [-0.3, -0.25) is 4.79 Å². The molecular weight excluding hydrogens is 258 g/mol. The highest BCUT2D eigenvalue weighted by molar-refractivity contribution is 5.95. The van der Waals surface area contributed by atoms with Crippen LogP contribution in [0.25, 0.3) is 0 Å². The van der Waals surface area contributed by atoms with Crippen molar-refractivity contribution in [2.24, 2.45) is 5.92 Å². The van der Waals surface area contributed by atoms with Gasteiger partial charge in [0, 0.05) is 5.56 Å². The van der Waals surface area contributed by atoms with Gasteiger partial charge >= 0.3 is 0 Å². The van der Waals surface area contributed by atoms with E-state index >= 15 is 0 Å². The lowest BCUT2D eigenvalue weighted by molar-refractivity contribution is 0.0925. The lowest BCUT2D eigenvalue weighted by Gasteiger charge is -2.23. The first-order valence-corrected chi connectivity index (χ1v) is 7.42. The standard InChI is InChI=1S/C19H23NO/c1-13(2)18(16-8-6-5-7-9-16)20-19(21)17-11-10-14(3)12-15(17)4/h5-13,18H,1-4H3,(H,20,21). The minimum Gasteiger partial charge on any atom is -0.345 e. The van der Waals surface area contributed by atoms with E-state index in [0.29, 0.717) is 5.92 Å². The van der Waals surface area contributed by atoms with Gasteiger partial charge in [0.05, 0.1) is 6.04 Å². The molecule has 2 heteroatoms. The van der Waals surface area contributed by atoms with Gasteiger partial charge in [0.1, 0.15) is 0 Å². The van der Waals surface area contributed by atoms with Crippen molar-refractivity contribution in [3.05, 3.63) is 70.8 Å². The summed E-state index contributed by atoms with van der Waals surface area (Å²) in [5.74, 6) is 0.331. The highest BCUT2D eigenvalue weighted by atomic mass is 16.1. The van der Waals surface area contributed by atoms with E-state index in [0.717, 1.165) is 16.7 Å². The number of carbonyl (C=O) groups excluding carboxylic acids is 1. The molecule has 1 unspecified atom stereocenters. The number of nitrogens with one attached hydrogen (secondary N) is 1. The van der Waals surface area contributed by atoms with Gasteiger partial charge in [0.2, 0.25) is 0 Å². The monoisotopic (exact) mass is 281 g/mol. The molecule has 1 N–H and O–H groups in total. The highest BCUT2D eigenvalue weighted by Gasteiger charge is 2.19. The number of aryl methyl sites for hydroxylation is 2. The molecule has 0 aromatic heterocycles. The Bertz CT molecular complexity index is 617. The van der Waals surface area contributed by atoms with Crippen LogP contribution in [-0.4, -0.2) is 5.91 Å². The molecule has 0 bridgehead atoms. The third-order valence-corrected chi connectivity index (χ3v) is 3.74. The fourth-order valence-electron chi connectivity index (χ4n) is 2.58. The van der Waals surface area contributed by atoms with Gasteiger partial charge in [0.15, 0.2) is 0 Å². The van der Waals surface area contributed by atoms with Crippen LogP contribution < -0.4 is 5.32 Å². The van der Waals surface area contributed by atoms with Crippen molar-refractivity contribution in [3.8, 4) is 0 Å². The normalized spacial score (nSPS) is 12.2. The van der Waals surface area contributed by atoms with Gasteiger partial charge in [-0.25, -0.2) is 0 Å². The second-order valence-electron chi connectivity index (χ2n) is 5.92. The third-order valence-electron chi connectivity index (χ3n) is 3.74. The maximum absolute atomic E-state index is 12.6. The second kappa shape index (κ2) is 6.57. The minimum absolute atomic E-state index is 0.00458. The van der Waals surface area contributed by atoms with E-state index in [-0.39, 0.29) is 11.9 Å². The average molecular weight is 281 g/mol. The van der Waals surface area contributed by atoms with E-state index < -0.39 is 0 Å². The van der Waals surface area contributed by atoms with E-state index in [2.05, 4.69) is 31.3 Å². The second-order valence-corrected chi connectivity index (χ2v) is 5.92. The Hall–Kier alpha value is -2.09. The molecule has 110 valence electrons. The lowest BCUT2D eigenvalue weighted by Crippen LogP contribution is -2.32. The van der Waals surface area contributed by atoms with E-state index in [1.165, 1.54) is 5.56 Å². The van der Waals surface area contributed by atoms with Crippen molar-refractivity contribution < 1.29 is 4.79 Å². The Morgan fingerprint density at radius 1 is 1.00 bits per heavy atom. The fraction of sp³-hybridized carbons (Fsp3) is 0.316. The van der Waals surface area contributed by atoms with Crippen LogP contribution in [0.15, 0.2) is 48.5 Å². The quantitative estimate of drug-likeness (QED) is 0.882. The predicted octanol–water partition coefficient (Wildman–Crippen LogP) is 4.43. The molecular formula is C19H23NO. The summed E-state index contributed by atoms with van der Waals surface area (Å²) in [6.07, 6.45) is 0. The maximum Gasteiger partial charge on any atom is 0.252 e. The summed E-state index contributed by atoms with van der Waals surface area (Å²) in [6.45, 7) is 8.27. The molecule has 0 saturated carbocycles. The maximum atomic E-state index is 12.6. The molecule has 0 aliphatic heterocycles. The average Bonchev–Trinajstić information content (AvgIpc) is 2.45. The summed E-state index contributed by atoms with van der Waals surface area (Å²) >= 11 is 0. The first-order chi connectivity index (χ1) is 9.99. The molecule has 2 rings (SSSR count). The first kappa shape index (κ1) is 15.3. The van der Waals surface area contributed by atoms with Crippen LogP contribution in [-0.2, 0) is 0 Å². The van der Waals surface area contributed by atoms with Gasteiger partial charge in [-0.1, -0.05) is 61.9 Å². The zero-order chi connectivity index (χ0) is 15.4. The summed E-state index contributed by atoms with van der Waals surface area (Å²) in [5.41, 5.74) is 4.09. The van der Waals surface area contributed by atoms with Crippen molar-refractivity contribution in [1.29, 1.82) is 0 Å². The summed E-state index contributed by atoms with van der Waals surface area (Å²) in [4.78, 5) is 12.6. The largest absolute Gasteiger partial charge is 0.345 e. The van der Waals surface area contributed by atoms with Crippen molar-refractivity contribution in [3.63, 3.8) is 0 Å². The van der Waals surface area contributed by atoms with Crippen LogP contribution in [0.1, 0.15) is 46.9 Å². The summed E-state index contributed by atoms with van der Waals surface area (Å²) in [5, 5.41) is 3.17. The number of hydrogen-bond donors (Lipinski definition) is 1. The molecule has 1 amide bonds. The smallest absolute Gasteiger partial charge is 0.252 e. The van der Waals surface area contributed by atoms with Gasteiger partial charge in [0.25, 0.3) is 5.91 Å². The van der Waals surface area contributed by atoms with Crippen molar-refractivity contribution >= 4 is 5.91 Å². The SMILES string of the molecule is Cc1ccc(C(=O)NC(c2ccccc2)C(C)C)c(C)c1. The summed E-state index contributed by atoms with van der Waals surface area (Å²) in [6, 6.07) is 16.1. The van der Waals surface area contributed by atoms with Gasteiger partial charge in [-0.05, 0) is 37.0 Å². The van der Waals surface area contributed by atoms with Crippen molar-refractivity contribution in [2.45, 2.75) is 33.7 Å². The van der Waals surface area contributed by atoms with Crippen LogP contribution >= 0.6 is 0 Å². The van der Waals surface area contributed by atoms with E-state index in [9.17, 15) is 4.79 Å². The molecule has 0 spiro atoms. The molecule has 2 aromatic rings. The molecule has 0 aliphatic rings. The zero-order valence-electron chi connectivity index (χ0n) is 13.2. The Morgan fingerprint density at radius 2 is 1.67 bits per heavy atom. The predicted molar refractivity (Wildman–Crippen MR) is 87.4 cm³/mol. The molecule has 2 nitrogen and oxygen atoms in total.